The standard InChI is InChI=1S/C11H11ClN2O5S2/c1-18-8-3-6(12)7(4-9(8)19-2)14-21(16,17)10-5-13-11(15)20-10/h3-5,14H,1-2H3,(H,13,15). The highest BCUT2D eigenvalue weighted by atomic mass is 35.5. The molecule has 0 aliphatic carbocycles. The number of hydrogen-bond donors (Lipinski definition) is 2. The van der Waals surface area contributed by atoms with Crippen molar-refractivity contribution in [1.82, 2.24) is 4.98 Å². The molecule has 1 heterocycles. The maximum Gasteiger partial charge on any atom is 0.305 e. The van der Waals surface area contributed by atoms with Crippen molar-refractivity contribution in [1.29, 1.82) is 0 Å². The molecule has 0 aliphatic rings. The molecular weight excluding hydrogens is 340 g/mol. The van der Waals surface area contributed by atoms with Gasteiger partial charge in [-0.3, -0.25) is 9.52 Å². The Hall–Kier alpha value is -1.71. The minimum atomic E-state index is -3.90. The van der Waals surface area contributed by atoms with E-state index in [4.69, 9.17) is 21.1 Å². The Morgan fingerprint density at radius 1 is 1.24 bits per heavy atom. The van der Waals surface area contributed by atoms with E-state index < -0.39 is 14.9 Å². The summed E-state index contributed by atoms with van der Waals surface area (Å²) in [6, 6.07) is 2.83. The Morgan fingerprint density at radius 3 is 2.38 bits per heavy atom. The monoisotopic (exact) mass is 350 g/mol. The summed E-state index contributed by atoms with van der Waals surface area (Å²) in [6.45, 7) is 0. The molecular formula is C11H11ClN2O5S2. The Morgan fingerprint density at radius 2 is 1.86 bits per heavy atom. The van der Waals surface area contributed by atoms with Gasteiger partial charge in [0.2, 0.25) is 0 Å². The van der Waals surface area contributed by atoms with Crippen LogP contribution in [0.25, 0.3) is 0 Å². The number of aromatic nitrogens is 1. The topological polar surface area (TPSA) is 97.5 Å². The second kappa shape index (κ2) is 5.96. The first-order chi connectivity index (χ1) is 9.87. The Bertz CT molecular complexity index is 812. The predicted octanol–water partition coefficient (Wildman–Crippen LogP) is 1.91. The van der Waals surface area contributed by atoms with E-state index in [1.807, 2.05) is 0 Å². The summed E-state index contributed by atoms with van der Waals surface area (Å²) >= 11 is 6.58. The average molecular weight is 351 g/mol. The van der Waals surface area contributed by atoms with Gasteiger partial charge in [0.1, 0.15) is 0 Å². The zero-order valence-corrected chi connectivity index (χ0v) is 13.4. The number of rotatable bonds is 5. The molecule has 0 bridgehead atoms. The lowest BCUT2D eigenvalue weighted by Crippen LogP contribution is -2.12. The summed E-state index contributed by atoms with van der Waals surface area (Å²) in [5, 5.41) is 0.138. The summed E-state index contributed by atoms with van der Waals surface area (Å²) in [5.74, 6) is 0.693. The molecule has 114 valence electrons. The van der Waals surface area contributed by atoms with E-state index >= 15 is 0 Å². The highest BCUT2D eigenvalue weighted by Gasteiger charge is 2.20. The van der Waals surface area contributed by atoms with Crippen LogP contribution in [0.3, 0.4) is 0 Å². The number of halogens is 1. The number of methoxy groups -OCH3 is 2. The van der Waals surface area contributed by atoms with Crippen molar-refractivity contribution in [2.45, 2.75) is 4.21 Å². The third-order valence-electron chi connectivity index (χ3n) is 2.48. The summed E-state index contributed by atoms with van der Waals surface area (Å²) in [7, 11) is -1.04. The molecule has 10 heteroatoms. The fraction of sp³-hybridized carbons (Fsp3) is 0.182. The van der Waals surface area contributed by atoms with Crippen LogP contribution < -0.4 is 19.1 Å². The molecule has 0 amide bonds. The average Bonchev–Trinajstić information content (AvgIpc) is 2.88. The van der Waals surface area contributed by atoms with Crippen LogP contribution in [0.2, 0.25) is 5.02 Å². The number of H-pyrrole nitrogens is 1. The van der Waals surface area contributed by atoms with Crippen molar-refractivity contribution < 1.29 is 17.9 Å². The number of anilines is 1. The Labute approximate surface area is 129 Å². The van der Waals surface area contributed by atoms with Crippen LogP contribution in [0.4, 0.5) is 5.69 Å². The van der Waals surface area contributed by atoms with Crippen molar-refractivity contribution in [2.75, 3.05) is 18.9 Å². The lowest BCUT2D eigenvalue weighted by atomic mass is 10.3. The minimum Gasteiger partial charge on any atom is -0.493 e. The SMILES string of the molecule is COc1cc(Cl)c(NS(=O)(=O)c2c[nH]c(=O)s2)cc1OC. The molecule has 0 saturated heterocycles. The molecule has 1 aromatic heterocycles. The van der Waals surface area contributed by atoms with E-state index in [0.717, 1.165) is 6.20 Å². The highest BCUT2D eigenvalue weighted by Crippen LogP contribution is 2.36. The van der Waals surface area contributed by atoms with Crippen molar-refractivity contribution in [3.8, 4) is 11.5 Å². The van der Waals surface area contributed by atoms with Crippen molar-refractivity contribution >= 4 is 38.6 Å². The first-order valence-electron chi connectivity index (χ1n) is 5.50. The van der Waals surface area contributed by atoms with E-state index in [0.29, 0.717) is 22.8 Å². The molecule has 1 aromatic carbocycles. The number of aromatic amines is 1. The Kier molecular flexibility index (Phi) is 4.45. The molecule has 0 atom stereocenters. The third-order valence-corrected chi connectivity index (χ3v) is 5.46. The van der Waals surface area contributed by atoms with Crippen LogP contribution in [0.5, 0.6) is 11.5 Å². The molecule has 0 spiro atoms. The fourth-order valence-electron chi connectivity index (χ4n) is 1.53. The maximum atomic E-state index is 12.1. The lowest BCUT2D eigenvalue weighted by molar-refractivity contribution is 0.355. The predicted molar refractivity (Wildman–Crippen MR) is 80.3 cm³/mol. The highest BCUT2D eigenvalue weighted by molar-refractivity contribution is 7.94. The zero-order valence-electron chi connectivity index (χ0n) is 11.0. The second-order valence-corrected chi connectivity index (χ2v) is 7.12. The smallest absolute Gasteiger partial charge is 0.305 e. The summed E-state index contributed by atoms with van der Waals surface area (Å²) < 4.78 is 36.6. The van der Waals surface area contributed by atoms with Gasteiger partial charge < -0.3 is 14.5 Å². The molecule has 2 aromatic rings. The largest absolute Gasteiger partial charge is 0.493 e. The third kappa shape index (κ3) is 3.31. The molecule has 0 fully saturated rings. The van der Waals surface area contributed by atoms with E-state index in [-0.39, 0.29) is 14.9 Å². The van der Waals surface area contributed by atoms with E-state index in [1.54, 1.807) is 0 Å². The van der Waals surface area contributed by atoms with E-state index in [9.17, 15) is 13.2 Å². The van der Waals surface area contributed by atoms with Crippen molar-refractivity contribution in [2.24, 2.45) is 0 Å². The molecule has 2 rings (SSSR count). The van der Waals surface area contributed by atoms with Crippen LogP contribution in [0.15, 0.2) is 27.3 Å². The number of thiazole rings is 1. The maximum absolute atomic E-state index is 12.1. The number of ether oxygens (including phenoxy) is 2. The van der Waals surface area contributed by atoms with Gasteiger partial charge in [0.25, 0.3) is 10.0 Å². The summed E-state index contributed by atoms with van der Waals surface area (Å²) in [5.41, 5.74) is 0.121. The molecule has 0 aliphatic heterocycles. The van der Waals surface area contributed by atoms with Gasteiger partial charge in [0.05, 0.1) is 24.9 Å². The molecule has 2 N–H and O–H groups in total. The van der Waals surface area contributed by atoms with Gasteiger partial charge in [-0.25, -0.2) is 8.42 Å². The first kappa shape index (κ1) is 15.7. The second-order valence-electron chi connectivity index (χ2n) is 3.79. The van der Waals surface area contributed by atoms with Gasteiger partial charge in [0, 0.05) is 18.3 Å². The van der Waals surface area contributed by atoms with E-state index in [2.05, 4.69) is 9.71 Å². The van der Waals surface area contributed by atoms with Crippen molar-refractivity contribution in [3.63, 3.8) is 0 Å². The number of hydrogen-bond acceptors (Lipinski definition) is 6. The van der Waals surface area contributed by atoms with Gasteiger partial charge in [0.15, 0.2) is 15.7 Å². The van der Waals surface area contributed by atoms with Gasteiger partial charge >= 0.3 is 4.87 Å². The van der Waals surface area contributed by atoms with E-state index in [1.165, 1.54) is 26.4 Å². The van der Waals surface area contributed by atoms with Crippen molar-refractivity contribution in [3.05, 3.63) is 33.0 Å². The quantitative estimate of drug-likeness (QED) is 0.858. The molecule has 0 unspecified atom stereocenters. The van der Waals surface area contributed by atoms with Crippen LogP contribution in [0, 0.1) is 0 Å². The number of sulfonamides is 1. The molecule has 7 nitrogen and oxygen atoms in total. The molecule has 0 saturated carbocycles. The van der Waals surface area contributed by atoms with Gasteiger partial charge in [-0.1, -0.05) is 22.9 Å². The number of nitrogens with one attached hydrogen (secondary N) is 2. The minimum absolute atomic E-state index is 0.121. The van der Waals surface area contributed by atoms with Crippen LogP contribution in [-0.2, 0) is 10.0 Å². The fourth-order valence-corrected chi connectivity index (χ4v) is 3.77. The summed E-state index contributed by atoms with van der Waals surface area (Å²) in [6.07, 6.45) is 1.12. The zero-order chi connectivity index (χ0) is 15.6. The Balaban J connectivity index is 2.41. The molecule has 0 radical (unpaired) electrons. The van der Waals surface area contributed by atoms with Crippen LogP contribution >= 0.6 is 22.9 Å². The van der Waals surface area contributed by atoms with Crippen LogP contribution in [0.1, 0.15) is 0 Å². The number of benzene rings is 1. The normalized spacial score (nSPS) is 11.2. The first-order valence-corrected chi connectivity index (χ1v) is 8.18. The lowest BCUT2D eigenvalue weighted by Gasteiger charge is -2.12. The van der Waals surface area contributed by atoms with Crippen LogP contribution in [-0.4, -0.2) is 27.6 Å². The summed E-state index contributed by atoms with van der Waals surface area (Å²) in [4.78, 5) is 12.9. The van der Waals surface area contributed by atoms with Gasteiger partial charge in [-0.15, -0.1) is 0 Å². The van der Waals surface area contributed by atoms with Gasteiger partial charge in [-0.2, -0.15) is 0 Å². The van der Waals surface area contributed by atoms with Gasteiger partial charge in [-0.05, 0) is 0 Å². The molecule has 21 heavy (non-hydrogen) atoms.